The molecular weight excluding hydrogens is 1310 g/mol. The van der Waals surface area contributed by atoms with Gasteiger partial charge in [0.05, 0.1) is 26.4 Å². The third-order valence-electron chi connectivity index (χ3n) is 19.3. The molecule has 0 fully saturated rings. The molecule has 0 aliphatic carbocycles. The van der Waals surface area contributed by atoms with E-state index in [1.54, 1.807) is 0 Å². The SMILES string of the molecule is CCCCCCCCCCCCCCCCC(=O)OC[C@H](COP(=O)(O)OC[C@@H](O)COP(=O)(O)OC[C@@H](COC(=O)CCCCCCCCCC(C)C)OC(=O)CCCCCCCCCCCCCCCC)OC(=O)CCCCCCCCCCCCCCCCCCCCC(C)CC. The first-order valence-corrected chi connectivity index (χ1v) is 45.0. The van der Waals surface area contributed by atoms with Gasteiger partial charge >= 0.3 is 39.5 Å². The molecule has 594 valence electrons. The molecule has 3 N–H and O–H groups in total. The molecule has 3 unspecified atom stereocenters. The second-order valence-corrected chi connectivity index (χ2v) is 32.8. The van der Waals surface area contributed by atoms with E-state index in [2.05, 4.69) is 41.5 Å². The van der Waals surface area contributed by atoms with Crippen LogP contribution < -0.4 is 0 Å². The van der Waals surface area contributed by atoms with Crippen molar-refractivity contribution in [3.63, 3.8) is 0 Å². The second kappa shape index (κ2) is 72.6. The van der Waals surface area contributed by atoms with Crippen molar-refractivity contribution in [2.45, 2.75) is 445 Å². The zero-order valence-corrected chi connectivity index (χ0v) is 67.3. The van der Waals surface area contributed by atoms with E-state index in [0.717, 1.165) is 102 Å². The molecule has 0 saturated heterocycles. The van der Waals surface area contributed by atoms with Gasteiger partial charge < -0.3 is 33.8 Å². The summed E-state index contributed by atoms with van der Waals surface area (Å²) in [5, 5.41) is 10.6. The van der Waals surface area contributed by atoms with Gasteiger partial charge in [-0.1, -0.05) is 375 Å². The van der Waals surface area contributed by atoms with Crippen LogP contribution in [0.2, 0.25) is 0 Å². The quantitative estimate of drug-likeness (QED) is 0.0222. The van der Waals surface area contributed by atoms with Crippen molar-refractivity contribution in [2.75, 3.05) is 39.6 Å². The lowest BCUT2D eigenvalue weighted by atomic mass is 9.99. The Bertz CT molecular complexity index is 1930. The summed E-state index contributed by atoms with van der Waals surface area (Å²) in [5.41, 5.74) is 0. The molecule has 6 atom stereocenters. The van der Waals surface area contributed by atoms with E-state index < -0.39 is 97.5 Å². The maximum atomic E-state index is 13.1. The van der Waals surface area contributed by atoms with E-state index in [1.807, 2.05) is 0 Å². The number of carbonyl (C=O) groups excluding carboxylic acids is 4. The Morgan fingerprint density at radius 3 is 0.760 bits per heavy atom. The van der Waals surface area contributed by atoms with Crippen LogP contribution in [0.5, 0.6) is 0 Å². The normalized spacial score (nSPS) is 14.2. The van der Waals surface area contributed by atoms with Gasteiger partial charge in [0.15, 0.2) is 12.2 Å². The van der Waals surface area contributed by atoms with Crippen LogP contribution in [0, 0.1) is 11.8 Å². The molecule has 0 radical (unpaired) electrons. The summed E-state index contributed by atoms with van der Waals surface area (Å²) in [4.78, 5) is 73.0. The minimum absolute atomic E-state index is 0.107. The highest BCUT2D eigenvalue weighted by Crippen LogP contribution is 2.45. The second-order valence-electron chi connectivity index (χ2n) is 29.9. The van der Waals surface area contributed by atoms with Crippen molar-refractivity contribution in [1.29, 1.82) is 0 Å². The summed E-state index contributed by atoms with van der Waals surface area (Å²) < 4.78 is 68.7. The molecule has 0 aliphatic rings. The van der Waals surface area contributed by atoms with Gasteiger partial charge in [-0.3, -0.25) is 37.3 Å². The number of aliphatic hydroxyl groups is 1. The molecule has 0 aromatic heterocycles. The molecule has 0 saturated carbocycles. The lowest BCUT2D eigenvalue weighted by molar-refractivity contribution is -0.161. The Morgan fingerprint density at radius 2 is 0.510 bits per heavy atom. The molecule has 0 aromatic rings. The minimum Gasteiger partial charge on any atom is -0.462 e. The van der Waals surface area contributed by atoms with Gasteiger partial charge in [-0.05, 0) is 37.5 Å². The van der Waals surface area contributed by atoms with Gasteiger partial charge in [0, 0.05) is 25.7 Å². The third kappa shape index (κ3) is 73.0. The summed E-state index contributed by atoms with van der Waals surface area (Å²) >= 11 is 0. The van der Waals surface area contributed by atoms with Crippen LogP contribution >= 0.6 is 15.6 Å². The monoisotopic (exact) mass is 1470 g/mol. The van der Waals surface area contributed by atoms with Crippen molar-refractivity contribution >= 4 is 39.5 Å². The van der Waals surface area contributed by atoms with Crippen molar-refractivity contribution in [3.05, 3.63) is 0 Å². The van der Waals surface area contributed by atoms with Crippen molar-refractivity contribution in [1.82, 2.24) is 0 Å². The number of aliphatic hydroxyl groups excluding tert-OH is 1. The Morgan fingerprint density at radius 1 is 0.290 bits per heavy atom. The maximum Gasteiger partial charge on any atom is 0.472 e. The molecule has 100 heavy (non-hydrogen) atoms. The van der Waals surface area contributed by atoms with Crippen molar-refractivity contribution in [2.24, 2.45) is 11.8 Å². The fourth-order valence-corrected chi connectivity index (χ4v) is 14.1. The van der Waals surface area contributed by atoms with Crippen LogP contribution in [0.1, 0.15) is 427 Å². The first kappa shape index (κ1) is 98.1. The Labute approximate surface area is 613 Å². The van der Waals surface area contributed by atoms with E-state index in [1.165, 1.54) is 238 Å². The highest BCUT2D eigenvalue weighted by molar-refractivity contribution is 7.47. The molecule has 0 aliphatic heterocycles. The molecule has 0 amide bonds. The fourth-order valence-electron chi connectivity index (χ4n) is 12.5. The Kier molecular flexibility index (Phi) is 71.2. The van der Waals surface area contributed by atoms with Crippen molar-refractivity contribution < 1.29 is 80.2 Å². The van der Waals surface area contributed by atoms with E-state index in [-0.39, 0.29) is 25.7 Å². The zero-order valence-electron chi connectivity index (χ0n) is 65.5. The number of phosphoric acid groups is 2. The number of hydrogen-bond acceptors (Lipinski definition) is 15. The largest absolute Gasteiger partial charge is 0.472 e. The molecule has 19 heteroatoms. The van der Waals surface area contributed by atoms with Crippen LogP contribution in [0.3, 0.4) is 0 Å². The Hall–Kier alpha value is -1.94. The highest BCUT2D eigenvalue weighted by atomic mass is 31.2. The van der Waals surface area contributed by atoms with Gasteiger partial charge in [0.2, 0.25) is 0 Å². The summed E-state index contributed by atoms with van der Waals surface area (Å²) in [6, 6.07) is 0. The van der Waals surface area contributed by atoms with Crippen LogP contribution in [-0.2, 0) is 65.4 Å². The summed E-state index contributed by atoms with van der Waals surface area (Å²) in [6.45, 7) is 9.65. The Balaban J connectivity index is 5.21. The molecule has 0 heterocycles. The molecule has 0 rings (SSSR count). The molecule has 17 nitrogen and oxygen atoms in total. The minimum atomic E-state index is -4.96. The van der Waals surface area contributed by atoms with E-state index in [4.69, 9.17) is 37.0 Å². The number of unbranched alkanes of at least 4 members (excludes halogenated alkanes) is 49. The molecular formula is C81H158O17P2. The van der Waals surface area contributed by atoms with Crippen LogP contribution in [0.25, 0.3) is 0 Å². The van der Waals surface area contributed by atoms with E-state index in [9.17, 15) is 43.2 Å². The van der Waals surface area contributed by atoms with E-state index >= 15 is 0 Å². The number of esters is 4. The fraction of sp³-hybridized carbons (Fsp3) is 0.951. The average Bonchev–Trinajstić information content (AvgIpc) is 0.925. The maximum absolute atomic E-state index is 13.1. The smallest absolute Gasteiger partial charge is 0.462 e. The highest BCUT2D eigenvalue weighted by Gasteiger charge is 2.30. The number of phosphoric ester groups is 2. The topological polar surface area (TPSA) is 237 Å². The number of carbonyl (C=O) groups is 4. The summed E-state index contributed by atoms with van der Waals surface area (Å²) in [6.07, 6.45) is 62.4. The number of rotatable bonds is 80. The van der Waals surface area contributed by atoms with Gasteiger partial charge in [-0.15, -0.1) is 0 Å². The van der Waals surface area contributed by atoms with Gasteiger partial charge in [0.1, 0.15) is 19.3 Å². The van der Waals surface area contributed by atoms with Gasteiger partial charge in [0.25, 0.3) is 0 Å². The number of ether oxygens (including phenoxy) is 4. The van der Waals surface area contributed by atoms with Crippen molar-refractivity contribution in [3.8, 4) is 0 Å². The van der Waals surface area contributed by atoms with Gasteiger partial charge in [-0.2, -0.15) is 0 Å². The average molecular weight is 1470 g/mol. The summed E-state index contributed by atoms with van der Waals surface area (Å²) in [7, 11) is -9.92. The predicted octanol–water partition coefficient (Wildman–Crippen LogP) is 24.3. The number of hydrogen-bond donors (Lipinski definition) is 3. The molecule has 0 bridgehead atoms. The first-order valence-electron chi connectivity index (χ1n) is 42.0. The lowest BCUT2D eigenvalue weighted by Crippen LogP contribution is -2.30. The third-order valence-corrected chi connectivity index (χ3v) is 21.2. The predicted molar refractivity (Wildman–Crippen MR) is 409 cm³/mol. The lowest BCUT2D eigenvalue weighted by Gasteiger charge is -2.21. The van der Waals surface area contributed by atoms with Crippen LogP contribution in [0.4, 0.5) is 0 Å². The first-order chi connectivity index (χ1) is 48.4. The van der Waals surface area contributed by atoms with E-state index in [0.29, 0.717) is 31.6 Å². The standard InChI is InChI=1S/C81H158O17P2/c1-7-10-12-14-16-18-20-22-31-35-39-45-51-57-63-78(83)91-69-76(97-80(85)66-60-54-47-41-37-33-29-27-25-24-26-28-30-34-38-44-50-56-62-74(6)9-3)71-95-99(87,88)93-67-75(82)68-94-100(89,90)96-72-77(70-92-79(84)64-58-52-48-42-43-49-55-61-73(4)5)98-81(86)65-59-53-46-40-36-32-23-21-19-17-15-13-11-8-2/h73-77,82H,7-72H2,1-6H3,(H,87,88)(H,89,90)/t74?,75-,76-,77-/m1/s1. The van der Waals surface area contributed by atoms with Crippen LogP contribution in [-0.4, -0.2) is 96.7 Å². The van der Waals surface area contributed by atoms with Crippen LogP contribution in [0.15, 0.2) is 0 Å². The summed E-state index contributed by atoms with van der Waals surface area (Å²) in [5.74, 6) is -0.532. The molecule has 0 aromatic carbocycles. The zero-order chi connectivity index (χ0) is 73.5. The van der Waals surface area contributed by atoms with Gasteiger partial charge in [-0.25, -0.2) is 9.13 Å². The molecule has 0 spiro atoms.